The molecular weight excluding hydrogens is 308 g/mol. The molecule has 0 amide bonds. The Hall–Kier alpha value is 1.33. The predicted octanol–water partition coefficient (Wildman–Crippen LogP) is -4.19. The minimum absolute atomic E-state index is 0. The zero-order chi connectivity index (χ0) is 13.5. The molecule has 0 aromatic carbocycles. The van der Waals surface area contributed by atoms with E-state index >= 15 is 0 Å². The van der Waals surface area contributed by atoms with E-state index in [9.17, 15) is 0 Å². The molecule has 16 heavy (non-hydrogen) atoms. The van der Waals surface area contributed by atoms with Crippen molar-refractivity contribution in [2.75, 3.05) is 0 Å². The smallest absolute Gasteiger partial charge is 1.00 e. The Morgan fingerprint density at radius 2 is 0.562 bits per heavy atom. The standard InChI is InChI=1S/Na.3H3O4P.6H2.H/c;3*1-5(2,3)4;;;;;;;/h;3*(H3,1,2,3,4);6*1H;/q+1;;;;;;;;;;-1. The van der Waals surface area contributed by atoms with Crippen LogP contribution in [0.2, 0.25) is 0 Å². The van der Waals surface area contributed by atoms with E-state index in [4.69, 9.17) is 57.7 Å². The summed E-state index contributed by atoms with van der Waals surface area (Å²) in [4.78, 5) is 64.7. The average molecular weight is 330 g/mol. The predicted molar refractivity (Wildman–Crippen MR) is 56.6 cm³/mol. The van der Waals surface area contributed by atoms with Crippen molar-refractivity contribution in [3.63, 3.8) is 0 Å². The van der Waals surface area contributed by atoms with Crippen molar-refractivity contribution in [1.82, 2.24) is 0 Å². The molecule has 0 saturated carbocycles. The van der Waals surface area contributed by atoms with Crippen LogP contribution in [0.15, 0.2) is 0 Å². The fourth-order valence-corrected chi connectivity index (χ4v) is 0. The van der Waals surface area contributed by atoms with E-state index in [0.717, 1.165) is 0 Å². The Balaban J connectivity index is -0.00000000889. The van der Waals surface area contributed by atoms with Crippen molar-refractivity contribution in [3.8, 4) is 0 Å². The minimum atomic E-state index is -4.64. The van der Waals surface area contributed by atoms with Crippen molar-refractivity contribution in [2.45, 2.75) is 0 Å². The van der Waals surface area contributed by atoms with E-state index in [0.29, 0.717) is 0 Å². The first-order valence-electron chi connectivity index (χ1n) is 2.35. The maximum absolute atomic E-state index is 8.88. The molecule has 0 saturated heterocycles. The molecule has 9 N–H and O–H groups in total. The topological polar surface area (TPSA) is 233 Å². The van der Waals surface area contributed by atoms with E-state index in [1.165, 1.54) is 0 Å². The summed E-state index contributed by atoms with van der Waals surface area (Å²) in [6.45, 7) is 0. The Bertz CT molecular complexity index is 223. The third-order valence-corrected chi connectivity index (χ3v) is 0. The third-order valence-electron chi connectivity index (χ3n) is 0. The van der Waals surface area contributed by atoms with Crippen molar-refractivity contribution in [2.24, 2.45) is 0 Å². The maximum atomic E-state index is 8.88. The van der Waals surface area contributed by atoms with Gasteiger partial charge in [0.25, 0.3) is 0 Å². The Labute approximate surface area is 121 Å². The normalized spacial score (nSPS) is 11.1. The van der Waals surface area contributed by atoms with Crippen LogP contribution in [-0.4, -0.2) is 44.0 Å². The van der Waals surface area contributed by atoms with Gasteiger partial charge in [-0.15, -0.1) is 0 Å². The Morgan fingerprint density at radius 1 is 0.562 bits per heavy atom. The first-order valence-corrected chi connectivity index (χ1v) is 7.04. The molecule has 0 aromatic heterocycles. The average Bonchev–Trinajstić information content (AvgIpc) is 1.41. The molecule has 16 heteroatoms. The summed E-state index contributed by atoms with van der Waals surface area (Å²) >= 11 is 0. The van der Waals surface area contributed by atoms with E-state index in [-0.39, 0.29) is 39.5 Å². The van der Waals surface area contributed by atoms with Crippen molar-refractivity contribution >= 4 is 23.5 Å². The molecule has 0 aliphatic heterocycles. The molecule has 0 rings (SSSR count). The van der Waals surface area contributed by atoms with Gasteiger partial charge in [-0.3, -0.25) is 0 Å². The Kier molecular flexibility index (Phi) is 16.7. The molecule has 0 heterocycles. The molecule has 0 fully saturated rings. The quantitative estimate of drug-likeness (QED) is 0.152. The number of hydrogen-bond acceptors (Lipinski definition) is 3. The fraction of sp³-hybridized carbons (Fsp3) is 0. The molecule has 0 bridgehead atoms. The van der Waals surface area contributed by atoms with Gasteiger partial charge in [-0.05, 0) is 0 Å². The van der Waals surface area contributed by atoms with Gasteiger partial charge < -0.3 is 45.5 Å². The first kappa shape index (κ1) is 26.0. The van der Waals surface area contributed by atoms with E-state index in [2.05, 4.69) is 0 Å². The molecule has 110 valence electrons. The molecule has 0 radical (unpaired) electrons. The summed E-state index contributed by atoms with van der Waals surface area (Å²) in [6, 6.07) is 0. The van der Waals surface area contributed by atoms with Gasteiger partial charge in [0.1, 0.15) is 0 Å². The summed E-state index contributed by atoms with van der Waals surface area (Å²) in [7, 11) is -13.9. The van der Waals surface area contributed by atoms with E-state index < -0.39 is 23.5 Å². The van der Waals surface area contributed by atoms with Crippen LogP contribution in [0.5, 0.6) is 0 Å². The first-order chi connectivity index (χ1) is 6.00. The zero-order valence-corrected chi connectivity index (χ0v) is 12.3. The van der Waals surface area contributed by atoms with Crippen molar-refractivity contribution < 1.29 is 97.3 Å². The van der Waals surface area contributed by atoms with Gasteiger partial charge in [0.05, 0.1) is 0 Å². The second kappa shape index (κ2) is 10.3. The summed E-state index contributed by atoms with van der Waals surface area (Å²) < 4.78 is 26.6. The van der Waals surface area contributed by atoms with Gasteiger partial charge >= 0.3 is 53.0 Å². The molecular formula is H22NaO12P3. The molecule has 0 aliphatic rings. The summed E-state index contributed by atoms with van der Waals surface area (Å²) in [6.07, 6.45) is 0. The summed E-state index contributed by atoms with van der Waals surface area (Å²) in [5.74, 6) is 0. The van der Waals surface area contributed by atoms with Crippen molar-refractivity contribution in [3.05, 3.63) is 0 Å². The van der Waals surface area contributed by atoms with Crippen LogP contribution in [-0.2, 0) is 13.7 Å². The van der Waals surface area contributed by atoms with Crippen LogP contribution >= 0.6 is 23.5 Å². The summed E-state index contributed by atoms with van der Waals surface area (Å²) in [5.41, 5.74) is 0. The van der Waals surface area contributed by atoms with Gasteiger partial charge in [-0.1, -0.05) is 0 Å². The molecule has 12 nitrogen and oxygen atoms in total. The molecule has 0 spiro atoms. The SMILES string of the molecule is O=P(O)(O)O.O=P(O)(O)O.O=P(O)(O)O.[H-].[HH].[HH].[HH].[HH].[HH].[HH].[Na+]. The van der Waals surface area contributed by atoms with Gasteiger partial charge in [-0.25, -0.2) is 13.7 Å². The van der Waals surface area contributed by atoms with Crippen molar-refractivity contribution in [1.29, 1.82) is 0 Å². The van der Waals surface area contributed by atoms with Gasteiger partial charge in [-0.2, -0.15) is 0 Å². The molecule has 0 unspecified atom stereocenters. The largest absolute Gasteiger partial charge is 1.00 e. The second-order valence-electron chi connectivity index (χ2n) is 1.54. The van der Waals surface area contributed by atoms with Gasteiger partial charge in [0.2, 0.25) is 0 Å². The maximum Gasteiger partial charge on any atom is 1.00 e. The third kappa shape index (κ3) is 1780. The minimum Gasteiger partial charge on any atom is -1.00 e. The zero-order valence-electron chi connectivity index (χ0n) is 8.59. The van der Waals surface area contributed by atoms with E-state index in [1.807, 2.05) is 0 Å². The summed E-state index contributed by atoms with van der Waals surface area (Å²) in [5, 5.41) is 0. The van der Waals surface area contributed by atoms with Crippen LogP contribution in [0.3, 0.4) is 0 Å². The molecule has 0 aliphatic carbocycles. The second-order valence-corrected chi connectivity index (χ2v) is 4.62. The van der Waals surface area contributed by atoms with Crippen LogP contribution < -0.4 is 29.6 Å². The monoisotopic (exact) mass is 330 g/mol. The van der Waals surface area contributed by atoms with E-state index in [1.54, 1.807) is 0 Å². The van der Waals surface area contributed by atoms with Gasteiger partial charge in [0.15, 0.2) is 0 Å². The van der Waals surface area contributed by atoms with Crippen LogP contribution in [0, 0.1) is 0 Å². The van der Waals surface area contributed by atoms with Crippen LogP contribution in [0.4, 0.5) is 0 Å². The fourth-order valence-electron chi connectivity index (χ4n) is 0. The number of phosphoric acid groups is 3. The molecule has 0 atom stereocenters. The number of rotatable bonds is 0. The number of hydrogen-bond donors (Lipinski definition) is 9. The van der Waals surface area contributed by atoms with Crippen LogP contribution in [0.25, 0.3) is 0 Å². The van der Waals surface area contributed by atoms with Crippen LogP contribution in [0.1, 0.15) is 9.99 Å². The Morgan fingerprint density at radius 3 is 0.562 bits per heavy atom. The molecule has 0 aromatic rings. The van der Waals surface area contributed by atoms with Gasteiger partial charge in [0, 0.05) is 8.56 Å².